The molecule has 0 radical (unpaired) electrons. The fourth-order valence-corrected chi connectivity index (χ4v) is 1.19. The number of aromatic hydroxyl groups is 2. The molecule has 84 valence electrons. The van der Waals surface area contributed by atoms with Crippen LogP contribution in [-0.2, 0) is 6.54 Å². The van der Waals surface area contributed by atoms with Gasteiger partial charge in [-0.3, -0.25) is 0 Å². The third-order valence-corrected chi connectivity index (χ3v) is 1.93. The Kier molecular flexibility index (Phi) is 3.55. The van der Waals surface area contributed by atoms with Crippen LogP contribution in [0.1, 0.15) is 19.4 Å². The normalized spacial score (nSPS) is 11.7. The lowest BCUT2D eigenvalue weighted by Crippen LogP contribution is -2.34. The van der Waals surface area contributed by atoms with Gasteiger partial charge < -0.3 is 20.6 Å². The molecule has 0 aromatic heterocycles. The Bertz CT molecular complexity index is 331. The number of rotatable bonds is 4. The molecule has 1 aromatic carbocycles. The minimum absolute atomic E-state index is 0.124. The maximum Gasteiger partial charge on any atom is 0.157 e. The van der Waals surface area contributed by atoms with Crippen molar-refractivity contribution in [1.82, 2.24) is 5.32 Å². The number of nitrogens with one attached hydrogen (secondary N) is 1. The summed E-state index contributed by atoms with van der Waals surface area (Å²) in [5, 5.41) is 30.8. The summed E-state index contributed by atoms with van der Waals surface area (Å²) in [5.74, 6) is -0.251. The Morgan fingerprint density at radius 2 is 1.87 bits per heavy atom. The van der Waals surface area contributed by atoms with Gasteiger partial charge in [-0.25, -0.2) is 0 Å². The largest absolute Gasteiger partial charge is 0.504 e. The van der Waals surface area contributed by atoms with Crippen molar-refractivity contribution in [3.05, 3.63) is 23.8 Å². The molecule has 0 saturated carbocycles. The highest BCUT2D eigenvalue weighted by atomic mass is 16.3. The van der Waals surface area contributed by atoms with Crippen LogP contribution in [0, 0.1) is 0 Å². The van der Waals surface area contributed by atoms with Crippen molar-refractivity contribution in [2.75, 3.05) is 6.54 Å². The summed E-state index contributed by atoms with van der Waals surface area (Å²) in [6, 6.07) is 4.65. The van der Waals surface area contributed by atoms with Gasteiger partial charge in [0.2, 0.25) is 0 Å². The Hall–Kier alpha value is -1.26. The van der Waals surface area contributed by atoms with Crippen LogP contribution in [0.4, 0.5) is 0 Å². The minimum atomic E-state index is -0.751. The summed E-state index contributed by atoms with van der Waals surface area (Å²) in [6.07, 6.45) is 0. The van der Waals surface area contributed by atoms with Crippen LogP contribution in [0.25, 0.3) is 0 Å². The minimum Gasteiger partial charge on any atom is -0.504 e. The Balaban J connectivity index is 2.48. The summed E-state index contributed by atoms with van der Waals surface area (Å²) in [4.78, 5) is 0. The molecule has 1 aromatic rings. The summed E-state index contributed by atoms with van der Waals surface area (Å²) < 4.78 is 0. The van der Waals surface area contributed by atoms with Gasteiger partial charge in [-0.2, -0.15) is 0 Å². The fourth-order valence-electron chi connectivity index (χ4n) is 1.19. The first-order valence-electron chi connectivity index (χ1n) is 4.82. The van der Waals surface area contributed by atoms with E-state index in [2.05, 4.69) is 5.32 Å². The molecule has 0 bridgehead atoms. The van der Waals surface area contributed by atoms with E-state index in [9.17, 15) is 10.2 Å². The number of phenols is 2. The van der Waals surface area contributed by atoms with Crippen molar-refractivity contribution in [2.24, 2.45) is 0 Å². The molecule has 4 N–H and O–H groups in total. The maximum absolute atomic E-state index is 9.44. The molecule has 4 heteroatoms. The molecule has 0 saturated heterocycles. The van der Waals surface area contributed by atoms with Gasteiger partial charge in [0.25, 0.3) is 0 Å². The first kappa shape index (κ1) is 11.8. The summed E-state index contributed by atoms with van der Waals surface area (Å²) in [7, 11) is 0. The number of phenolic OH excluding ortho intramolecular Hbond substituents is 2. The molecule has 0 fully saturated rings. The standard InChI is InChI=1S/C11H17NO3/c1-11(2,15)7-12-6-8-3-4-9(13)10(14)5-8/h3-5,12-15H,6-7H2,1-2H3. The van der Waals surface area contributed by atoms with Gasteiger partial charge >= 0.3 is 0 Å². The zero-order valence-corrected chi connectivity index (χ0v) is 8.99. The van der Waals surface area contributed by atoms with E-state index >= 15 is 0 Å². The van der Waals surface area contributed by atoms with Crippen LogP contribution in [0.2, 0.25) is 0 Å². The molecule has 15 heavy (non-hydrogen) atoms. The predicted molar refractivity (Wildman–Crippen MR) is 57.8 cm³/mol. The van der Waals surface area contributed by atoms with E-state index in [1.165, 1.54) is 12.1 Å². The molecular formula is C11H17NO3. The molecule has 0 amide bonds. The van der Waals surface area contributed by atoms with E-state index in [4.69, 9.17) is 5.11 Å². The van der Waals surface area contributed by atoms with Crippen molar-refractivity contribution in [3.63, 3.8) is 0 Å². The van der Waals surface area contributed by atoms with Crippen LogP contribution in [0.3, 0.4) is 0 Å². The van der Waals surface area contributed by atoms with Crippen LogP contribution >= 0.6 is 0 Å². The van der Waals surface area contributed by atoms with Crippen LogP contribution in [-0.4, -0.2) is 27.5 Å². The summed E-state index contributed by atoms with van der Waals surface area (Å²) in [5.41, 5.74) is 0.105. The second-order valence-electron chi connectivity index (χ2n) is 4.24. The predicted octanol–water partition coefficient (Wildman–Crippen LogP) is 0.958. The van der Waals surface area contributed by atoms with Gasteiger partial charge in [0.05, 0.1) is 5.60 Å². The summed E-state index contributed by atoms with van der Waals surface area (Å²) in [6.45, 7) is 4.44. The van der Waals surface area contributed by atoms with E-state index in [0.29, 0.717) is 13.1 Å². The van der Waals surface area contributed by atoms with Crippen molar-refractivity contribution in [2.45, 2.75) is 26.0 Å². The zero-order valence-electron chi connectivity index (χ0n) is 8.99. The quantitative estimate of drug-likeness (QED) is 0.560. The average molecular weight is 211 g/mol. The first-order valence-corrected chi connectivity index (χ1v) is 4.82. The van der Waals surface area contributed by atoms with Crippen LogP contribution in [0.5, 0.6) is 11.5 Å². The first-order chi connectivity index (χ1) is 6.88. The molecule has 0 atom stereocenters. The van der Waals surface area contributed by atoms with Gasteiger partial charge in [-0.15, -0.1) is 0 Å². The van der Waals surface area contributed by atoms with Crippen molar-refractivity contribution in [3.8, 4) is 11.5 Å². The second-order valence-corrected chi connectivity index (χ2v) is 4.24. The highest BCUT2D eigenvalue weighted by molar-refractivity contribution is 5.40. The lowest BCUT2D eigenvalue weighted by molar-refractivity contribution is 0.0795. The van der Waals surface area contributed by atoms with Gasteiger partial charge in [0.1, 0.15) is 0 Å². The Labute approximate surface area is 89.2 Å². The molecule has 0 aliphatic carbocycles. The fraction of sp³-hybridized carbons (Fsp3) is 0.455. The average Bonchev–Trinajstić information content (AvgIpc) is 2.09. The molecule has 0 aliphatic rings. The highest BCUT2D eigenvalue weighted by Gasteiger charge is 2.11. The number of hydrogen-bond acceptors (Lipinski definition) is 4. The topological polar surface area (TPSA) is 72.7 Å². The third kappa shape index (κ3) is 4.18. The van der Waals surface area contributed by atoms with Gasteiger partial charge in [0, 0.05) is 13.1 Å². The van der Waals surface area contributed by atoms with Crippen molar-refractivity contribution < 1.29 is 15.3 Å². The van der Waals surface area contributed by atoms with E-state index in [0.717, 1.165) is 5.56 Å². The Morgan fingerprint density at radius 3 is 2.40 bits per heavy atom. The van der Waals surface area contributed by atoms with Crippen LogP contribution in [0.15, 0.2) is 18.2 Å². The number of hydrogen-bond donors (Lipinski definition) is 4. The lowest BCUT2D eigenvalue weighted by atomic mass is 10.1. The molecule has 0 heterocycles. The third-order valence-electron chi connectivity index (χ3n) is 1.93. The van der Waals surface area contributed by atoms with E-state index in [1.54, 1.807) is 19.9 Å². The molecule has 4 nitrogen and oxygen atoms in total. The van der Waals surface area contributed by atoms with Gasteiger partial charge in [0.15, 0.2) is 11.5 Å². The lowest BCUT2D eigenvalue weighted by Gasteiger charge is -2.17. The van der Waals surface area contributed by atoms with Crippen LogP contribution < -0.4 is 5.32 Å². The SMILES string of the molecule is CC(C)(O)CNCc1ccc(O)c(O)c1. The molecule has 0 aliphatic heterocycles. The number of aliphatic hydroxyl groups is 1. The Morgan fingerprint density at radius 1 is 1.20 bits per heavy atom. The van der Waals surface area contributed by atoms with Crippen molar-refractivity contribution in [1.29, 1.82) is 0 Å². The highest BCUT2D eigenvalue weighted by Crippen LogP contribution is 2.24. The van der Waals surface area contributed by atoms with Gasteiger partial charge in [-0.05, 0) is 31.5 Å². The van der Waals surface area contributed by atoms with E-state index in [-0.39, 0.29) is 11.5 Å². The molecule has 1 rings (SSSR count). The number of benzene rings is 1. The van der Waals surface area contributed by atoms with E-state index in [1.807, 2.05) is 0 Å². The molecule has 0 spiro atoms. The molecule has 0 unspecified atom stereocenters. The van der Waals surface area contributed by atoms with E-state index < -0.39 is 5.60 Å². The maximum atomic E-state index is 9.44. The molecular weight excluding hydrogens is 194 g/mol. The second kappa shape index (κ2) is 4.51. The van der Waals surface area contributed by atoms with Gasteiger partial charge in [-0.1, -0.05) is 6.07 Å². The smallest absolute Gasteiger partial charge is 0.157 e. The zero-order chi connectivity index (χ0) is 11.5. The monoisotopic (exact) mass is 211 g/mol. The summed E-state index contributed by atoms with van der Waals surface area (Å²) >= 11 is 0. The van der Waals surface area contributed by atoms with Crippen molar-refractivity contribution >= 4 is 0 Å².